The Morgan fingerprint density at radius 3 is 2.47 bits per heavy atom. The van der Waals surface area contributed by atoms with Crippen molar-refractivity contribution < 1.29 is 0 Å². The van der Waals surface area contributed by atoms with Gasteiger partial charge in [-0.3, -0.25) is 0 Å². The van der Waals surface area contributed by atoms with E-state index in [1.165, 1.54) is 5.56 Å². The molecule has 17 heavy (non-hydrogen) atoms. The van der Waals surface area contributed by atoms with Crippen LogP contribution in [0, 0.1) is 18.3 Å². The molecule has 0 aliphatic rings. The minimum Gasteiger partial charge on any atom is -0.330 e. The minimum absolute atomic E-state index is 0.495. The number of nitriles is 1. The van der Waals surface area contributed by atoms with Gasteiger partial charge in [-0.1, -0.05) is 31.2 Å². The van der Waals surface area contributed by atoms with Crippen molar-refractivity contribution in [2.24, 2.45) is 7.05 Å². The third-order valence-electron chi connectivity index (χ3n) is 3.06. The second-order valence-corrected chi connectivity index (χ2v) is 4.08. The van der Waals surface area contributed by atoms with E-state index in [-0.39, 0.29) is 0 Å². The molecule has 2 aromatic rings. The van der Waals surface area contributed by atoms with Gasteiger partial charge in [0, 0.05) is 12.6 Å². The van der Waals surface area contributed by atoms with Gasteiger partial charge in [0.25, 0.3) is 0 Å². The van der Waals surface area contributed by atoms with Crippen molar-refractivity contribution in [2.75, 3.05) is 0 Å². The first kappa shape index (κ1) is 11.4. The van der Waals surface area contributed by atoms with Crippen LogP contribution in [0.15, 0.2) is 24.3 Å². The van der Waals surface area contributed by atoms with Crippen LogP contribution in [0.3, 0.4) is 0 Å². The largest absolute Gasteiger partial charge is 0.330 e. The monoisotopic (exact) mass is 225 g/mol. The molecule has 0 aliphatic heterocycles. The lowest BCUT2D eigenvalue weighted by Gasteiger charge is -2.05. The quantitative estimate of drug-likeness (QED) is 0.788. The standard InChI is InChI=1S/C14H15N3/c1-4-11-5-7-12(8-6-11)14-13(9-15)16-10(2)17(14)3/h5-8H,4H2,1-3H3. The molecule has 0 radical (unpaired) electrons. The van der Waals surface area contributed by atoms with E-state index in [0.29, 0.717) is 5.69 Å². The second kappa shape index (κ2) is 4.42. The lowest BCUT2D eigenvalue weighted by molar-refractivity contribution is 0.865. The first-order valence-corrected chi connectivity index (χ1v) is 5.70. The molecule has 2 rings (SSSR count). The summed E-state index contributed by atoms with van der Waals surface area (Å²) in [6, 6.07) is 10.4. The molecule has 1 heterocycles. The molecule has 0 fully saturated rings. The molecular formula is C14H15N3. The topological polar surface area (TPSA) is 41.6 Å². The molecule has 0 bridgehead atoms. The van der Waals surface area contributed by atoms with Crippen LogP contribution in [0.1, 0.15) is 24.0 Å². The molecule has 3 heteroatoms. The van der Waals surface area contributed by atoms with Crippen molar-refractivity contribution in [1.82, 2.24) is 9.55 Å². The van der Waals surface area contributed by atoms with Crippen LogP contribution in [0.5, 0.6) is 0 Å². The van der Waals surface area contributed by atoms with Crippen LogP contribution in [0.4, 0.5) is 0 Å². The normalized spacial score (nSPS) is 10.2. The summed E-state index contributed by atoms with van der Waals surface area (Å²) in [6.07, 6.45) is 1.02. The smallest absolute Gasteiger partial charge is 0.166 e. The second-order valence-electron chi connectivity index (χ2n) is 4.08. The van der Waals surface area contributed by atoms with Gasteiger partial charge in [0.2, 0.25) is 0 Å². The zero-order chi connectivity index (χ0) is 12.4. The van der Waals surface area contributed by atoms with E-state index in [1.54, 1.807) is 0 Å². The number of rotatable bonds is 2. The fourth-order valence-electron chi connectivity index (χ4n) is 1.92. The van der Waals surface area contributed by atoms with E-state index >= 15 is 0 Å². The van der Waals surface area contributed by atoms with Gasteiger partial charge in [0.1, 0.15) is 11.9 Å². The SMILES string of the molecule is CCc1ccc(-c2c(C#N)nc(C)n2C)cc1. The number of aromatic nitrogens is 2. The van der Waals surface area contributed by atoms with E-state index in [2.05, 4.69) is 42.2 Å². The summed E-state index contributed by atoms with van der Waals surface area (Å²) >= 11 is 0. The van der Waals surface area contributed by atoms with Gasteiger partial charge in [-0.25, -0.2) is 4.98 Å². The molecule has 0 saturated carbocycles. The molecule has 3 nitrogen and oxygen atoms in total. The van der Waals surface area contributed by atoms with Gasteiger partial charge in [0.05, 0.1) is 5.69 Å². The number of hydrogen-bond acceptors (Lipinski definition) is 2. The summed E-state index contributed by atoms with van der Waals surface area (Å²) in [4.78, 5) is 4.25. The van der Waals surface area contributed by atoms with Crippen LogP contribution in [0.2, 0.25) is 0 Å². The van der Waals surface area contributed by atoms with Crippen LogP contribution < -0.4 is 0 Å². The average molecular weight is 225 g/mol. The maximum absolute atomic E-state index is 9.09. The molecular weight excluding hydrogens is 210 g/mol. The van der Waals surface area contributed by atoms with Crippen LogP contribution in [-0.2, 0) is 13.5 Å². The van der Waals surface area contributed by atoms with Gasteiger partial charge in [-0.2, -0.15) is 5.26 Å². The highest BCUT2D eigenvalue weighted by molar-refractivity contribution is 5.66. The predicted molar refractivity (Wildman–Crippen MR) is 67.5 cm³/mol. The Kier molecular flexibility index (Phi) is 2.97. The summed E-state index contributed by atoms with van der Waals surface area (Å²) in [6.45, 7) is 4.04. The molecule has 0 N–H and O–H groups in total. The number of aryl methyl sites for hydroxylation is 2. The van der Waals surface area contributed by atoms with Crippen molar-refractivity contribution in [3.8, 4) is 17.3 Å². The highest BCUT2D eigenvalue weighted by Crippen LogP contribution is 2.24. The maximum atomic E-state index is 9.09. The molecule has 0 aliphatic carbocycles. The zero-order valence-corrected chi connectivity index (χ0v) is 10.4. The summed E-state index contributed by atoms with van der Waals surface area (Å²) in [5.41, 5.74) is 3.73. The number of nitrogens with zero attached hydrogens (tertiary/aromatic N) is 3. The number of hydrogen-bond donors (Lipinski definition) is 0. The van der Waals surface area contributed by atoms with E-state index in [1.807, 2.05) is 18.5 Å². The predicted octanol–water partition coefficient (Wildman–Crippen LogP) is 2.83. The van der Waals surface area contributed by atoms with Crippen LogP contribution in [-0.4, -0.2) is 9.55 Å². The molecule has 0 atom stereocenters. The Balaban J connectivity index is 2.56. The number of imidazole rings is 1. The summed E-state index contributed by atoms with van der Waals surface area (Å²) in [5.74, 6) is 0.858. The van der Waals surface area contributed by atoms with Crippen molar-refractivity contribution >= 4 is 0 Å². The Bertz CT molecular complexity index is 571. The molecule has 86 valence electrons. The van der Waals surface area contributed by atoms with Gasteiger partial charge < -0.3 is 4.57 Å². The fraction of sp³-hybridized carbons (Fsp3) is 0.286. The average Bonchev–Trinajstić information content (AvgIpc) is 2.65. The highest BCUT2D eigenvalue weighted by Gasteiger charge is 2.13. The lowest BCUT2D eigenvalue weighted by atomic mass is 10.1. The van der Waals surface area contributed by atoms with Crippen molar-refractivity contribution in [3.63, 3.8) is 0 Å². The minimum atomic E-state index is 0.495. The summed E-state index contributed by atoms with van der Waals surface area (Å²) in [5, 5.41) is 9.09. The third kappa shape index (κ3) is 1.94. The Morgan fingerprint density at radius 2 is 1.94 bits per heavy atom. The molecule has 1 aromatic carbocycles. The van der Waals surface area contributed by atoms with Crippen LogP contribution >= 0.6 is 0 Å². The van der Waals surface area contributed by atoms with E-state index in [9.17, 15) is 0 Å². The molecule has 1 aromatic heterocycles. The van der Waals surface area contributed by atoms with Gasteiger partial charge >= 0.3 is 0 Å². The van der Waals surface area contributed by atoms with Crippen LogP contribution in [0.25, 0.3) is 11.3 Å². The van der Waals surface area contributed by atoms with Crippen molar-refractivity contribution in [1.29, 1.82) is 5.26 Å². The van der Waals surface area contributed by atoms with Gasteiger partial charge in [0.15, 0.2) is 5.69 Å². The van der Waals surface area contributed by atoms with E-state index < -0.39 is 0 Å². The summed E-state index contributed by atoms with van der Waals surface area (Å²) in [7, 11) is 1.94. The molecule has 0 saturated heterocycles. The maximum Gasteiger partial charge on any atom is 0.166 e. The molecule has 0 amide bonds. The fourth-order valence-corrected chi connectivity index (χ4v) is 1.92. The lowest BCUT2D eigenvalue weighted by Crippen LogP contribution is -1.95. The summed E-state index contributed by atoms with van der Waals surface area (Å²) < 4.78 is 1.96. The molecule has 0 spiro atoms. The number of benzene rings is 1. The zero-order valence-electron chi connectivity index (χ0n) is 10.4. The van der Waals surface area contributed by atoms with Crippen molar-refractivity contribution in [3.05, 3.63) is 41.3 Å². The van der Waals surface area contributed by atoms with Gasteiger partial charge in [-0.15, -0.1) is 0 Å². The highest BCUT2D eigenvalue weighted by atomic mass is 15.1. The Hall–Kier alpha value is -2.08. The Labute approximate surface area is 101 Å². The first-order valence-electron chi connectivity index (χ1n) is 5.70. The van der Waals surface area contributed by atoms with E-state index in [0.717, 1.165) is 23.5 Å². The molecule has 0 unspecified atom stereocenters. The third-order valence-corrected chi connectivity index (χ3v) is 3.06. The van der Waals surface area contributed by atoms with Crippen molar-refractivity contribution in [2.45, 2.75) is 20.3 Å². The van der Waals surface area contributed by atoms with Gasteiger partial charge in [-0.05, 0) is 18.9 Å². The van der Waals surface area contributed by atoms with E-state index in [4.69, 9.17) is 5.26 Å². The first-order chi connectivity index (χ1) is 8.17. The Morgan fingerprint density at radius 1 is 1.29 bits per heavy atom.